The third-order valence-corrected chi connectivity index (χ3v) is 5.50. The van der Waals surface area contributed by atoms with Crippen LogP contribution < -0.4 is 16.2 Å². The van der Waals surface area contributed by atoms with Crippen molar-refractivity contribution in [3.05, 3.63) is 51.4 Å². The van der Waals surface area contributed by atoms with Crippen molar-refractivity contribution in [2.24, 2.45) is 0 Å². The maximum atomic E-state index is 12.8. The standard InChI is InChI=1S/C19H20N4O3S/c1-10-12(3)27-18-16(10)19(26)23(9-20-18)11(2)17(25)22-15-7-5-14(6-8-15)21-13(4)24/h5-9,11H,1-4H3,(H,21,24)(H,22,25). The van der Waals surface area contributed by atoms with Crippen LogP contribution in [0.1, 0.15) is 30.3 Å². The number of nitrogens with zero attached hydrogens (tertiary/aromatic N) is 2. The van der Waals surface area contributed by atoms with Crippen molar-refractivity contribution >= 4 is 44.7 Å². The highest BCUT2D eigenvalue weighted by Gasteiger charge is 2.20. The van der Waals surface area contributed by atoms with E-state index in [-0.39, 0.29) is 17.4 Å². The predicted octanol–water partition coefficient (Wildman–Crippen LogP) is 3.23. The molecular formula is C19H20N4O3S. The Hall–Kier alpha value is -3.00. The van der Waals surface area contributed by atoms with Crippen molar-refractivity contribution in [2.45, 2.75) is 33.7 Å². The number of amides is 2. The molecule has 3 aromatic rings. The number of carbonyl (C=O) groups excluding carboxylic acids is 2. The molecule has 0 radical (unpaired) electrons. The monoisotopic (exact) mass is 384 g/mol. The first kappa shape index (κ1) is 18.8. The van der Waals surface area contributed by atoms with Gasteiger partial charge >= 0.3 is 0 Å². The molecule has 2 heterocycles. The number of fused-ring (bicyclic) bond motifs is 1. The summed E-state index contributed by atoms with van der Waals surface area (Å²) in [6.07, 6.45) is 1.42. The Kier molecular flexibility index (Phi) is 5.09. The molecule has 1 aromatic carbocycles. The lowest BCUT2D eigenvalue weighted by Gasteiger charge is -2.15. The van der Waals surface area contributed by atoms with Gasteiger partial charge in [0.05, 0.1) is 11.7 Å². The first-order valence-electron chi connectivity index (χ1n) is 8.43. The normalized spacial score (nSPS) is 12.0. The van der Waals surface area contributed by atoms with Crippen LogP contribution in [0.15, 0.2) is 35.4 Å². The quantitative estimate of drug-likeness (QED) is 0.722. The smallest absolute Gasteiger partial charge is 0.263 e. The van der Waals surface area contributed by atoms with Gasteiger partial charge in [0.1, 0.15) is 10.9 Å². The summed E-state index contributed by atoms with van der Waals surface area (Å²) < 4.78 is 1.35. The molecular weight excluding hydrogens is 364 g/mol. The van der Waals surface area contributed by atoms with Crippen molar-refractivity contribution in [3.63, 3.8) is 0 Å². The van der Waals surface area contributed by atoms with Crippen LogP contribution in [0, 0.1) is 13.8 Å². The Morgan fingerprint density at radius 2 is 1.70 bits per heavy atom. The molecule has 1 atom stereocenters. The maximum absolute atomic E-state index is 12.8. The summed E-state index contributed by atoms with van der Waals surface area (Å²) in [7, 11) is 0. The molecule has 7 nitrogen and oxygen atoms in total. The van der Waals surface area contributed by atoms with Crippen LogP contribution in [0.25, 0.3) is 10.2 Å². The van der Waals surface area contributed by atoms with Gasteiger partial charge in [0.25, 0.3) is 5.56 Å². The Morgan fingerprint density at radius 1 is 1.11 bits per heavy atom. The van der Waals surface area contributed by atoms with Gasteiger partial charge in [-0.2, -0.15) is 0 Å². The topological polar surface area (TPSA) is 93.1 Å². The number of anilines is 2. The lowest BCUT2D eigenvalue weighted by molar-refractivity contribution is -0.119. The maximum Gasteiger partial charge on any atom is 0.263 e. The molecule has 0 saturated heterocycles. The van der Waals surface area contributed by atoms with Gasteiger partial charge in [-0.1, -0.05) is 0 Å². The summed E-state index contributed by atoms with van der Waals surface area (Å²) in [5.41, 5.74) is 1.90. The number of carbonyl (C=O) groups is 2. The molecule has 0 aliphatic carbocycles. The van der Waals surface area contributed by atoms with Gasteiger partial charge in [0.2, 0.25) is 11.8 Å². The molecule has 140 valence electrons. The molecule has 0 bridgehead atoms. The number of hydrogen-bond acceptors (Lipinski definition) is 5. The Morgan fingerprint density at radius 3 is 2.30 bits per heavy atom. The second-order valence-corrected chi connectivity index (χ2v) is 7.55. The van der Waals surface area contributed by atoms with Crippen molar-refractivity contribution in [3.8, 4) is 0 Å². The molecule has 0 aliphatic rings. The second kappa shape index (κ2) is 7.32. The van der Waals surface area contributed by atoms with E-state index in [0.29, 0.717) is 21.6 Å². The highest BCUT2D eigenvalue weighted by molar-refractivity contribution is 7.18. The zero-order valence-corrected chi connectivity index (χ0v) is 16.3. The van der Waals surface area contributed by atoms with E-state index in [0.717, 1.165) is 10.4 Å². The number of aryl methyl sites for hydroxylation is 2. The largest absolute Gasteiger partial charge is 0.326 e. The minimum Gasteiger partial charge on any atom is -0.326 e. The average Bonchev–Trinajstić information content (AvgIpc) is 2.91. The molecule has 0 spiro atoms. The fraction of sp³-hybridized carbons (Fsp3) is 0.263. The molecule has 1 unspecified atom stereocenters. The third kappa shape index (κ3) is 3.75. The van der Waals surface area contributed by atoms with Gasteiger partial charge < -0.3 is 10.6 Å². The van der Waals surface area contributed by atoms with Crippen LogP contribution in [-0.2, 0) is 9.59 Å². The van der Waals surface area contributed by atoms with E-state index in [2.05, 4.69) is 15.6 Å². The highest BCUT2D eigenvalue weighted by atomic mass is 32.1. The van der Waals surface area contributed by atoms with Crippen molar-refractivity contribution in [1.82, 2.24) is 9.55 Å². The molecule has 2 N–H and O–H groups in total. The minimum absolute atomic E-state index is 0.165. The number of benzene rings is 1. The van der Waals surface area contributed by atoms with E-state index in [4.69, 9.17) is 0 Å². The van der Waals surface area contributed by atoms with Crippen molar-refractivity contribution in [1.29, 1.82) is 0 Å². The molecule has 0 saturated carbocycles. The first-order chi connectivity index (χ1) is 12.8. The van der Waals surface area contributed by atoms with Crippen LogP contribution in [-0.4, -0.2) is 21.4 Å². The van der Waals surface area contributed by atoms with Crippen LogP contribution >= 0.6 is 11.3 Å². The lowest BCUT2D eigenvalue weighted by atomic mass is 10.2. The molecule has 0 aliphatic heterocycles. The number of hydrogen-bond donors (Lipinski definition) is 2. The highest BCUT2D eigenvalue weighted by Crippen LogP contribution is 2.26. The molecule has 8 heteroatoms. The van der Waals surface area contributed by atoms with Crippen LogP contribution in [0.4, 0.5) is 11.4 Å². The van der Waals surface area contributed by atoms with Crippen LogP contribution in [0.2, 0.25) is 0 Å². The zero-order valence-electron chi connectivity index (χ0n) is 15.5. The lowest BCUT2D eigenvalue weighted by Crippen LogP contribution is -2.31. The number of nitrogens with one attached hydrogen (secondary N) is 2. The van der Waals surface area contributed by atoms with Gasteiger partial charge in [0.15, 0.2) is 0 Å². The fourth-order valence-corrected chi connectivity index (χ4v) is 3.72. The Labute approximate surface area is 160 Å². The van der Waals surface area contributed by atoms with Crippen LogP contribution in [0.3, 0.4) is 0 Å². The molecule has 0 fully saturated rings. The fourth-order valence-electron chi connectivity index (χ4n) is 2.74. The summed E-state index contributed by atoms with van der Waals surface area (Å²) in [5.74, 6) is -0.489. The average molecular weight is 384 g/mol. The summed E-state index contributed by atoms with van der Waals surface area (Å²) >= 11 is 1.47. The first-order valence-corrected chi connectivity index (χ1v) is 9.25. The van der Waals surface area contributed by atoms with E-state index in [1.807, 2.05) is 13.8 Å². The van der Waals surface area contributed by atoms with Gasteiger partial charge in [0, 0.05) is 23.2 Å². The predicted molar refractivity (Wildman–Crippen MR) is 107 cm³/mol. The summed E-state index contributed by atoms with van der Waals surface area (Å²) in [5, 5.41) is 6.01. The Balaban J connectivity index is 1.82. The van der Waals surface area contributed by atoms with Crippen molar-refractivity contribution < 1.29 is 9.59 Å². The summed E-state index contributed by atoms with van der Waals surface area (Å²) in [6.45, 7) is 6.93. The number of rotatable bonds is 4. The zero-order chi connectivity index (χ0) is 19.7. The van der Waals surface area contributed by atoms with E-state index in [1.165, 1.54) is 29.2 Å². The van der Waals surface area contributed by atoms with E-state index < -0.39 is 6.04 Å². The molecule has 2 amide bonds. The van der Waals surface area contributed by atoms with Crippen molar-refractivity contribution in [2.75, 3.05) is 10.6 Å². The number of thiophene rings is 1. The third-order valence-electron chi connectivity index (χ3n) is 4.38. The summed E-state index contributed by atoms with van der Waals surface area (Å²) in [6, 6.07) is 6.04. The Bertz CT molecular complexity index is 1080. The second-order valence-electron chi connectivity index (χ2n) is 6.34. The SMILES string of the molecule is CC(=O)Nc1ccc(NC(=O)C(C)n2cnc3sc(C)c(C)c3c2=O)cc1. The van der Waals surface area contributed by atoms with Gasteiger partial charge in [-0.3, -0.25) is 19.0 Å². The van der Waals surface area contributed by atoms with Crippen LogP contribution in [0.5, 0.6) is 0 Å². The van der Waals surface area contributed by atoms with Gasteiger partial charge in [-0.15, -0.1) is 11.3 Å². The van der Waals surface area contributed by atoms with E-state index in [1.54, 1.807) is 31.2 Å². The minimum atomic E-state index is -0.718. The van der Waals surface area contributed by atoms with E-state index in [9.17, 15) is 14.4 Å². The molecule has 3 rings (SSSR count). The van der Waals surface area contributed by atoms with E-state index >= 15 is 0 Å². The number of aromatic nitrogens is 2. The van der Waals surface area contributed by atoms with Gasteiger partial charge in [-0.05, 0) is 50.6 Å². The molecule has 27 heavy (non-hydrogen) atoms. The van der Waals surface area contributed by atoms with Gasteiger partial charge in [-0.25, -0.2) is 4.98 Å². The summed E-state index contributed by atoms with van der Waals surface area (Å²) in [4.78, 5) is 42.5. The molecule has 2 aromatic heterocycles.